The molecule has 1 amide bonds. The Balaban J connectivity index is 2.03. The smallest absolute Gasteiger partial charge is 0.233 e. The number of rotatable bonds is 6. The van der Waals surface area contributed by atoms with Crippen molar-refractivity contribution in [2.45, 2.75) is 51.5 Å². The predicted molar refractivity (Wildman–Crippen MR) is 58.2 cm³/mol. The Bertz CT molecular complexity index is 188. The molecule has 0 spiro atoms. The van der Waals surface area contributed by atoms with E-state index in [0.29, 0.717) is 6.54 Å². The summed E-state index contributed by atoms with van der Waals surface area (Å²) in [6.07, 6.45) is 5.90. The van der Waals surface area contributed by atoms with E-state index in [1.165, 1.54) is 19.3 Å². The highest BCUT2D eigenvalue weighted by Gasteiger charge is 2.31. The maximum atomic E-state index is 11.3. The summed E-state index contributed by atoms with van der Waals surface area (Å²) in [4.78, 5) is 11.3. The largest absolute Gasteiger partial charge is 0.355 e. The van der Waals surface area contributed by atoms with Gasteiger partial charge in [0.15, 0.2) is 0 Å². The second-order valence-electron chi connectivity index (χ2n) is 4.47. The lowest BCUT2D eigenvalue weighted by molar-refractivity contribution is -0.120. The van der Waals surface area contributed by atoms with E-state index in [9.17, 15) is 4.79 Å². The van der Waals surface area contributed by atoms with Crippen molar-refractivity contribution >= 4 is 5.91 Å². The van der Waals surface area contributed by atoms with Crippen LogP contribution in [0.1, 0.15) is 46.0 Å². The molecule has 82 valence electrons. The molecule has 3 heteroatoms. The van der Waals surface area contributed by atoms with Gasteiger partial charge in [-0.25, -0.2) is 0 Å². The third kappa shape index (κ3) is 3.66. The van der Waals surface area contributed by atoms with Crippen molar-refractivity contribution in [3.05, 3.63) is 0 Å². The first-order chi connectivity index (χ1) is 6.66. The molecule has 3 nitrogen and oxygen atoms in total. The van der Waals surface area contributed by atoms with Crippen molar-refractivity contribution in [2.75, 3.05) is 13.1 Å². The Morgan fingerprint density at radius 1 is 1.43 bits per heavy atom. The number of amides is 1. The molecule has 0 atom stereocenters. The third-order valence-corrected chi connectivity index (χ3v) is 2.99. The van der Waals surface area contributed by atoms with E-state index in [4.69, 9.17) is 0 Å². The standard InChI is InChI=1S/C11H22N2O/c1-3-4-8-12-10(14)9-13-11(2)6-5-7-11/h13H,3-9H2,1-2H3,(H,12,14). The van der Waals surface area contributed by atoms with E-state index < -0.39 is 0 Å². The van der Waals surface area contributed by atoms with E-state index in [2.05, 4.69) is 24.5 Å². The number of unbranched alkanes of at least 4 members (excludes halogenated alkanes) is 1. The second-order valence-corrected chi connectivity index (χ2v) is 4.47. The first-order valence-corrected chi connectivity index (χ1v) is 5.68. The van der Waals surface area contributed by atoms with Gasteiger partial charge in [0.1, 0.15) is 0 Å². The topological polar surface area (TPSA) is 41.1 Å². The molecular weight excluding hydrogens is 176 g/mol. The van der Waals surface area contributed by atoms with Crippen LogP contribution in [0.3, 0.4) is 0 Å². The average Bonchev–Trinajstić information content (AvgIpc) is 2.12. The Morgan fingerprint density at radius 2 is 2.14 bits per heavy atom. The summed E-state index contributed by atoms with van der Waals surface area (Å²) in [5, 5.41) is 6.21. The fourth-order valence-corrected chi connectivity index (χ4v) is 1.64. The molecule has 1 rings (SSSR count). The molecule has 1 saturated carbocycles. The van der Waals surface area contributed by atoms with Crippen LogP contribution >= 0.6 is 0 Å². The lowest BCUT2D eigenvalue weighted by Gasteiger charge is -2.39. The van der Waals surface area contributed by atoms with Gasteiger partial charge in [-0.15, -0.1) is 0 Å². The van der Waals surface area contributed by atoms with Crippen LogP contribution in [0.2, 0.25) is 0 Å². The molecule has 0 aromatic rings. The molecule has 0 bridgehead atoms. The van der Waals surface area contributed by atoms with Crippen LogP contribution in [0.15, 0.2) is 0 Å². The maximum Gasteiger partial charge on any atom is 0.233 e. The summed E-state index contributed by atoms with van der Waals surface area (Å²) < 4.78 is 0. The number of nitrogens with one attached hydrogen (secondary N) is 2. The van der Waals surface area contributed by atoms with Crippen LogP contribution in [-0.4, -0.2) is 24.5 Å². The van der Waals surface area contributed by atoms with Gasteiger partial charge in [-0.2, -0.15) is 0 Å². The van der Waals surface area contributed by atoms with E-state index in [0.717, 1.165) is 19.4 Å². The highest BCUT2D eigenvalue weighted by atomic mass is 16.1. The second kappa shape index (κ2) is 5.35. The van der Waals surface area contributed by atoms with Crippen LogP contribution in [-0.2, 0) is 4.79 Å². The molecular formula is C11H22N2O. The number of hydrogen-bond donors (Lipinski definition) is 2. The molecule has 2 N–H and O–H groups in total. The Labute approximate surface area is 86.6 Å². The van der Waals surface area contributed by atoms with Crippen molar-refractivity contribution in [3.63, 3.8) is 0 Å². The average molecular weight is 198 g/mol. The summed E-state index contributed by atoms with van der Waals surface area (Å²) in [7, 11) is 0. The first kappa shape index (κ1) is 11.5. The van der Waals surface area contributed by atoms with Crippen LogP contribution in [0.5, 0.6) is 0 Å². The van der Waals surface area contributed by atoms with Crippen LogP contribution in [0.25, 0.3) is 0 Å². The van der Waals surface area contributed by atoms with Gasteiger partial charge in [0.05, 0.1) is 6.54 Å². The molecule has 0 heterocycles. The van der Waals surface area contributed by atoms with Crippen LogP contribution < -0.4 is 10.6 Å². The number of carbonyl (C=O) groups is 1. The molecule has 0 saturated heterocycles. The van der Waals surface area contributed by atoms with E-state index >= 15 is 0 Å². The number of hydrogen-bond acceptors (Lipinski definition) is 2. The fourth-order valence-electron chi connectivity index (χ4n) is 1.64. The normalized spacial score (nSPS) is 18.7. The molecule has 1 fully saturated rings. The fraction of sp³-hybridized carbons (Fsp3) is 0.909. The number of carbonyl (C=O) groups excluding carboxylic acids is 1. The molecule has 14 heavy (non-hydrogen) atoms. The van der Waals surface area contributed by atoms with Crippen molar-refractivity contribution in [3.8, 4) is 0 Å². The molecule has 0 aromatic heterocycles. The highest BCUT2D eigenvalue weighted by Crippen LogP contribution is 2.30. The molecule has 1 aliphatic rings. The molecule has 0 unspecified atom stereocenters. The quantitative estimate of drug-likeness (QED) is 0.634. The molecule has 0 aliphatic heterocycles. The van der Waals surface area contributed by atoms with Crippen LogP contribution in [0, 0.1) is 0 Å². The van der Waals surface area contributed by atoms with E-state index in [1.807, 2.05) is 0 Å². The monoisotopic (exact) mass is 198 g/mol. The minimum absolute atomic E-state index is 0.131. The molecule has 1 aliphatic carbocycles. The minimum Gasteiger partial charge on any atom is -0.355 e. The van der Waals surface area contributed by atoms with Gasteiger partial charge in [-0.3, -0.25) is 4.79 Å². The highest BCUT2D eigenvalue weighted by molar-refractivity contribution is 5.78. The zero-order valence-corrected chi connectivity index (χ0v) is 9.36. The predicted octanol–water partition coefficient (Wildman–Crippen LogP) is 1.43. The van der Waals surface area contributed by atoms with Crippen molar-refractivity contribution in [2.24, 2.45) is 0 Å². The Hall–Kier alpha value is -0.570. The minimum atomic E-state index is 0.131. The summed E-state index contributed by atoms with van der Waals surface area (Å²) >= 11 is 0. The lowest BCUT2D eigenvalue weighted by atomic mass is 9.78. The molecule has 0 radical (unpaired) electrons. The zero-order valence-electron chi connectivity index (χ0n) is 9.36. The SMILES string of the molecule is CCCCNC(=O)CNC1(C)CCC1. The van der Waals surface area contributed by atoms with Gasteiger partial charge < -0.3 is 10.6 Å². The summed E-state index contributed by atoms with van der Waals surface area (Å²) in [6.45, 7) is 5.60. The van der Waals surface area contributed by atoms with E-state index in [1.54, 1.807) is 0 Å². The van der Waals surface area contributed by atoms with Gasteiger partial charge in [0, 0.05) is 12.1 Å². The first-order valence-electron chi connectivity index (χ1n) is 5.68. The zero-order chi connectivity index (χ0) is 10.4. The Kier molecular flexibility index (Phi) is 4.39. The van der Waals surface area contributed by atoms with Gasteiger partial charge in [-0.05, 0) is 32.6 Å². The lowest BCUT2D eigenvalue weighted by Crippen LogP contribution is -2.51. The Morgan fingerprint density at radius 3 is 2.64 bits per heavy atom. The van der Waals surface area contributed by atoms with E-state index in [-0.39, 0.29) is 11.4 Å². The van der Waals surface area contributed by atoms with Gasteiger partial charge >= 0.3 is 0 Å². The summed E-state index contributed by atoms with van der Waals surface area (Å²) in [6, 6.07) is 0. The summed E-state index contributed by atoms with van der Waals surface area (Å²) in [5.74, 6) is 0.131. The van der Waals surface area contributed by atoms with Crippen molar-refractivity contribution in [1.29, 1.82) is 0 Å². The maximum absolute atomic E-state index is 11.3. The summed E-state index contributed by atoms with van der Waals surface area (Å²) in [5.41, 5.74) is 0.238. The van der Waals surface area contributed by atoms with Gasteiger partial charge in [0.2, 0.25) is 5.91 Å². The van der Waals surface area contributed by atoms with Crippen molar-refractivity contribution < 1.29 is 4.79 Å². The molecule has 0 aromatic carbocycles. The van der Waals surface area contributed by atoms with Gasteiger partial charge in [-0.1, -0.05) is 13.3 Å². The third-order valence-electron chi connectivity index (χ3n) is 2.99. The van der Waals surface area contributed by atoms with Gasteiger partial charge in [0.25, 0.3) is 0 Å². The van der Waals surface area contributed by atoms with Crippen LogP contribution in [0.4, 0.5) is 0 Å². The van der Waals surface area contributed by atoms with Crippen molar-refractivity contribution in [1.82, 2.24) is 10.6 Å².